The molecule has 0 spiro atoms. The number of hydrogen-bond donors (Lipinski definition) is 0. The summed E-state index contributed by atoms with van der Waals surface area (Å²) >= 11 is 3.46. The Morgan fingerprint density at radius 2 is 2.14 bits per heavy atom. The van der Waals surface area contributed by atoms with E-state index in [4.69, 9.17) is 0 Å². The summed E-state index contributed by atoms with van der Waals surface area (Å²) in [4.78, 5) is 0. The highest BCUT2D eigenvalue weighted by atomic mass is 79.9. The minimum absolute atomic E-state index is 1.15. The van der Waals surface area contributed by atoms with Gasteiger partial charge < -0.3 is 0 Å². The second kappa shape index (κ2) is 6.83. The molecule has 1 aromatic rings. The molecule has 1 rings (SSSR count). The minimum atomic E-state index is 1.15. The molecule has 0 aromatic heterocycles. The molecule has 1 heteroatoms. The Morgan fingerprint density at radius 1 is 1.29 bits per heavy atom. The molecule has 1 aromatic carbocycles. The molecule has 0 nitrogen and oxygen atoms in total. The van der Waals surface area contributed by atoms with Crippen molar-refractivity contribution in [2.24, 2.45) is 0 Å². The molecule has 0 aliphatic carbocycles. The maximum Gasteiger partial charge on any atom is 0.0181 e. The second-order valence-corrected chi connectivity index (χ2v) is 4.37. The highest BCUT2D eigenvalue weighted by Gasteiger charge is 1.88. The zero-order valence-electron chi connectivity index (χ0n) is 8.67. The lowest BCUT2D eigenvalue weighted by Crippen LogP contribution is -1.73. The predicted octanol–water partition coefficient (Wildman–Crippen LogP) is 5.04. The number of halogens is 1. The molecule has 0 bridgehead atoms. The Labute approximate surface area is 95.2 Å². The molecule has 0 aliphatic heterocycles. The fourth-order valence-corrected chi connectivity index (χ4v) is 1.76. The average Bonchev–Trinajstić information content (AvgIpc) is 2.18. The molecular weight excluding hydrogens is 236 g/mol. The van der Waals surface area contributed by atoms with Crippen LogP contribution in [0.1, 0.15) is 38.2 Å². The summed E-state index contributed by atoms with van der Waals surface area (Å²) < 4.78 is 1.15. The van der Waals surface area contributed by atoms with Crippen molar-refractivity contribution in [2.75, 3.05) is 0 Å². The van der Waals surface area contributed by atoms with Crippen LogP contribution in [0.2, 0.25) is 0 Å². The molecule has 0 unspecified atom stereocenters. The van der Waals surface area contributed by atoms with E-state index in [9.17, 15) is 0 Å². The van der Waals surface area contributed by atoms with Gasteiger partial charge in [0, 0.05) is 4.47 Å². The predicted molar refractivity (Wildman–Crippen MR) is 67.3 cm³/mol. The van der Waals surface area contributed by atoms with Gasteiger partial charge in [0.25, 0.3) is 0 Å². The highest BCUT2D eigenvalue weighted by Crippen LogP contribution is 2.13. The first-order chi connectivity index (χ1) is 6.83. The zero-order valence-corrected chi connectivity index (χ0v) is 10.3. The molecule has 0 atom stereocenters. The van der Waals surface area contributed by atoms with Gasteiger partial charge in [0.1, 0.15) is 0 Å². The number of rotatable bonds is 5. The topological polar surface area (TPSA) is 0 Å². The van der Waals surface area contributed by atoms with Gasteiger partial charge in [-0.25, -0.2) is 0 Å². The van der Waals surface area contributed by atoms with Gasteiger partial charge in [-0.2, -0.15) is 0 Å². The van der Waals surface area contributed by atoms with E-state index in [0.29, 0.717) is 0 Å². The van der Waals surface area contributed by atoms with E-state index >= 15 is 0 Å². The van der Waals surface area contributed by atoms with Crippen LogP contribution in [0.4, 0.5) is 0 Å². The molecule has 0 radical (unpaired) electrons. The molecule has 76 valence electrons. The molecule has 0 amide bonds. The maximum absolute atomic E-state index is 3.46. The average molecular weight is 253 g/mol. The molecule has 0 heterocycles. The van der Waals surface area contributed by atoms with Gasteiger partial charge in [-0.05, 0) is 30.5 Å². The standard InChI is InChI=1S/C13H17Br/c1-2-3-4-5-6-8-12-9-7-10-13(14)11-12/h6-11H,2-5H2,1H3/b8-6+. The summed E-state index contributed by atoms with van der Waals surface area (Å²) in [5.41, 5.74) is 1.27. The first-order valence-electron chi connectivity index (χ1n) is 5.25. The second-order valence-electron chi connectivity index (χ2n) is 3.45. The molecule has 0 fully saturated rings. The van der Waals surface area contributed by atoms with E-state index in [1.165, 1.54) is 31.2 Å². The Balaban J connectivity index is 2.36. The number of allylic oxidation sites excluding steroid dienone is 1. The van der Waals surface area contributed by atoms with Crippen molar-refractivity contribution in [1.82, 2.24) is 0 Å². The molecular formula is C13H17Br. The van der Waals surface area contributed by atoms with Crippen molar-refractivity contribution >= 4 is 22.0 Å². The highest BCUT2D eigenvalue weighted by molar-refractivity contribution is 9.10. The number of benzene rings is 1. The van der Waals surface area contributed by atoms with Crippen LogP contribution in [0.5, 0.6) is 0 Å². The summed E-state index contributed by atoms with van der Waals surface area (Å²) in [6.45, 7) is 2.23. The van der Waals surface area contributed by atoms with Crippen LogP contribution in [-0.4, -0.2) is 0 Å². The van der Waals surface area contributed by atoms with Crippen LogP contribution in [0.15, 0.2) is 34.8 Å². The fraction of sp³-hybridized carbons (Fsp3) is 0.385. The van der Waals surface area contributed by atoms with Gasteiger partial charge in [-0.1, -0.05) is 60.0 Å². The normalized spacial score (nSPS) is 11.0. The van der Waals surface area contributed by atoms with Gasteiger partial charge in [0.15, 0.2) is 0 Å². The molecule has 0 aliphatic rings. The SMILES string of the molecule is CCCCC/C=C/c1cccc(Br)c1. The summed E-state index contributed by atoms with van der Waals surface area (Å²) in [6.07, 6.45) is 9.59. The Bertz CT molecular complexity index is 289. The largest absolute Gasteiger partial charge is 0.0839 e. The third-order valence-corrected chi connectivity index (χ3v) is 2.63. The van der Waals surface area contributed by atoms with Crippen LogP contribution in [0.3, 0.4) is 0 Å². The molecule has 0 saturated heterocycles. The quantitative estimate of drug-likeness (QED) is 0.644. The monoisotopic (exact) mass is 252 g/mol. The zero-order chi connectivity index (χ0) is 10.2. The molecule has 14 heavy (non-hydrogen) atoms. The lowest BCUT2D eigenvalue weighted by Gasteiger charge is -1.95. The van der Waals surface area contributed by atoms with Gasteiger partial charge in [0.05, 0.1) is 0 Å². The minimum Gasteiger partial charge on any atom is -0.0839 e. The van der Waals surface area contributed by atoms with E-state index in [1.807, 2.05) is 0 Å². The van der Waals surface area contributed by atoms with Crippen LogP contribution in [-0.2, 0) is 0 Å². The van der Waals surface area contributed by atoms with Crippen molar-refractivity contribution in [3.8, 4) is 0 Å². The molecule has 0 N–H and O–H groups in total. The first kappa shape index (κ1) is 11.5. The third-order valence-electron chi connectivity index (χ3n) is 2.13. The van der Waals surface area contributed by atoms with Crippen molar-refractivity contribution in [3.05, 3.63) is 40.4 Å². The Hall–Kier alpha value is -0.560. The van der Waals surface area contributed by atoms with Crippen LogP contribution in [0.25, 0.3) is 6.08 Å². The van der Waals surface area contributed by atoms with E-state index < -0.39 is 0 Å². The van der Waals surface area contributed by atoms with Crippen molar-refractivity contribution in [2.45, 2.75) is 32.6 Å². The first-order valence-corrected chi connectivity index (χ1v) is 6.04. The fourth-order valence-electron chi connectivity index (χ4n) is 1.34. The Kier molecular flexibility index (Phi) is 5.62. The summed E-state index contributed by atoms with van der Waals surface area (Å²) in [7, 11) is 0. The van der Waals surface area contributed by atoms with Crippen molar-refractivity contribution < 1.29 is 0 Å². The Morgan fingerprint density at radius 3 is 2.86 bits per heavy atom. The van der Waals surface area contributed by atoms with Gasteiger partial charge >= 0.3 is 0 Å². The van der Waals surface area contributed by atoms with Crippen LogP contribution >= 0.6 is 15.9 Å². The number of unbranched alkanes of at least 4 members (excludes halogenated alkanes) is 3. The van der Waals surface area contributed by atoms with Gasteiger partial charge in [-0.15, -0.1) is 0 Å². The van der Waals surface area contributed by atoms with E-state index in [0.717, 1.165) is 4.47 Å². The third kappa shape index (κ3) is 4.61. The lowest BCUT2D eigenvalue weighted by atomic mass is 10.1. The number of hydrogen-bond acceptors (Lipinski definition) is 0. The van der Waals surface area contributed by atoms with Crippen LogP contribution in [0, 0.1) is 0 Å². The van der Waals surface area contributed by atoms with Gasteiger partial charge in [-0.3, -0.25) is 0 Å². The molecule has 0 saturated carbocycles. The van der Waals surface area contributed by atoms with E-state index in [1.54, 1.807) is 0 Å². The van der Waals surface area contributed by atoms with Gasteiger partial charge in [0.2, 0.25) is 0 Å². The lowest BCUT2D eigenvalue weighted by molar-refractivity contribution is 0.730. The summed E-state index contributed by atoms with van der Waals surface area (Å²) in [6, 6.07) is 8.38. The maximum atomic E-state index is 3.46. The van der Waals surface area contributed by atoms with Crippen molar-refractivity contribution in [3.63, 3.8) is 0 Å². The smallest absolute Gasteiger partial charge is 0.0181 e. The van der Waals surface area contributed by atoms with E-state index in [2.05, 4.69) is 59.3 Å². The summed E-state index contributed by atoms with van der Waals surface area (Å²) in [5, 5.41) is 0. The van der Waals surface area contributed by atoms with Crippen LogP contribution < -0.4 is 0 Å². The summed E-state index contributed by atoms with van der Waals surface area (Å²) in [5.74, 6) is 0. The van der Waals surface area contributed by atoms with Crippen molar-refractivity contribution in [1.29, 1.82) is 0 Å². The van der Waals surface area contributed by atoms with E-state index in [-0.39, 0.29) is 0 Å².